The number of hydrogen-bond donors (Lipinski definition) is 3. The Kier molecular flexibility index (Phi) is 3.80. The lowest BCUT2D eigenvalue weighted by Crippen LogP contribution is -2.33. The van der Waals surface area contributed by atoms with Crippen LogP contribution in [0.1, 0.15) is 32.6 Å². The van der Waals surface area contributed by atoms with Crippen molar-refractivity contribution in [3.63, 3.8) is 0 Å². The van der Waals surface area contributed by atoms with Gasteiger partial charge in [-0.15, -0.1) is 0 Å². The first kappa shape index (κ1) is 14.5. The molecule has 2 aromatic rings. The van der Waals surface area contributed by atoms with Crippen LogP contribution in [0, 0.1) is 39.9 Å². The Labute approximate surface area is 128 Å². The number of nitrogens with one attached hydrogen (secondary N) is 3. The molecule has 0 unspecified atom stereocenters. The third-order valence-corrected chi connectivity index (χ3v) is 4.79. The Hall–Kier alpha value is -2.42. The highest BCUT2D eigenvalue weighted by atomic mass is 15.1. The summed E-state index contributed by atoms with van der Waals surface area (Å²) in [6, 6.07) is 4.12. The zero-order chi connectivity index (χ0) is 15.7. The summed E-state index contributed by atoms with van der Waals surface area (Å²) in [7, 11) is 0. The number of hydrogen-bond acceptors (Lipinski definition) is 4. The molecule has 3 atom stereocenters. The van der Waals surface area contributed by atoms with Crippen molar-refractivity contribution in [1.82, 2.24) is 14.5 Å². The molecule has 3 rings (SSSR count). The normalized spacial score (nSPS) is 24.5. The van der Waals surface area contributed by atoms with Crippen LogP contribution in [-0.4, -0.2) is 20.4 Å². The molecule has 114 valence electrons. The van der Waals surface area contributed by atoms with Crippen LogP contribution in [0.4, 0.5) is 0 Å². The molecular weight excluding hydrogens is 276 g/mol. The van der Waals surface area contributed by atoms with Crippen LogP contribution in [0.15, 0.2) is 18.5 Å². The van der Waals surface area contributed by atoms with Crippen molar-refractivity contribution in [2.45, 2.75) is 32.6 Å². The summed E-state index contributed by atoms with van der Waals surface area (Å²) in [5.41, 5.74) is 1.70. The Bertz CT molecular complexity index is 793. The van der Waals surface area contributed by atoms with Crippen molar-refractivity contribution >= 4 is 17.0 Å². The zero-order valence-electron chi connectivity index (χ0n) is 12.6. The van der Waals surface area contributed by atoms with Gasteiger partial charge in [-0.05, 0) is 30.7 Å². The number of fused-ring (bicyclic) bond motifs is 1. The number of H-pyrrole nitrogens is 1. The standard InChI is InChI=1S/C16H20N6/c1-2-11-7-10(3-5-17)8-12(11)15(19)22-13-4-6-20-16(13)21-9-14(22)18/h4,6,9-12,18-20H,2-3,7-8H2,1H3/t10-,11-,12+/m1/s1. The molecule has 1 fully saturated rings. The molecule has 22 heavy (non-hydrogen) atoms. The molecule has 2 aromatic heterocycles. The summed E-state index contributed by atoms with van der Waals surface area (Å²) in [6.45, 7) is 2.14. The fourth-order valence-electron chi connectivity index (χ4n) is 3.70. The molecule has 1 aliphatic rings. The lowest BCUT2D eigenvalue weighted by Gasteiger charge is -2.21. The van der Waals surface area contributed by atoms with Crippen molar-refractivity contribution < 1.29 is 0 Å². The minimum Gasteiger partial charge on any atom is -0.345 e. The van der Waals surface area contributed by atoms with E-state index in [4.69, 9.17) is 16.1 Å². The Balaban J connectivity index is 1.99. The smallest absolute Gasteiger partial charge is 0.154 e. The highest BCUT2D eigenvalue weighted by molar-refractivity contribution is 5.91. The topological polar surface area (TPSA) is 105 Å². The molecule has 0 amide bonds. The van der Waals surface area contributed by atoms with Crippen LogP contribution in [0.25, 0.3) is 11.2 Å². The molecule has 3 N–H and O–H groups in total. The lowest BCUT2D eigenvalue weighted by atomic mass is 9.92. The number of nitriles is 1. The van der Waals surface area contributed by atoms with Crippen LogP contribution in [-0.2, 0) is 0 Å². The van der Waals surface area contributed by atoms with Gasteiger partial charge in [-0.25, -0.2) is 4.98 Å². The zero-order valence-corrected chi connectivity index (χ0v) is 12.6. The molecule has 1 aliphatic carbocycles. The number of rotatable bonds is 3. The molecule has 6 nitrogen and oxygen atoms in total. The maximum atomic E-state index is 8.93. The number of aromatic amines is 1. The van der Waals surface area contributed by atoms with E-state index >= 15 is 0 Å². The minimum absolute atomic E-state index is 0.109. The predicted molar refractivity (Wildman–Crippen MR) is 83.3 cm³/mol. The van der Waals surface area contributed by atoms with Crippen molar-refractivity contribution in [2.75, 3.05) is 0 Å². The van der Waals surface area contributed by atoms with Gasteiger partial charge < -0.3 is 4.98 Å². The Morgan fingerprint density at radius 2 is 2.36 bits per heavy atom. The number of nitrogens with zero attached hydrogens (tertiary/aromatic N) is 3. The van der Waals surface area contributed by atoms with Crippen LogP contribution in [0.5, 0.6) is 0 Å². The largest absolute Gasteiger partial charge is 0.345 e. The maximum Gasteiger partial charge on any atom is 0.154 e. The van der Waals surface area contributed by atoms with E-state index in [0.717, 1.165) is 24.8 Å². The summed E-state index contributed by atoms with van der Waals surface area (Å²) in [5, 5.41) is 25.7. The van der Waals surface area contributed by atoms with Gasteiger partial charge in [-0.1, -0.05) is 13.3 Å². The second-order valence-electron chi connectivity index (χ2n) is 6.05. The van der Waals surface area contributed by atoms with E-state index in [0.29, 0.717) is 29.7 Å². The van der Waals surface area contributed by atoms with E-state index in [9.17, 15) is 0 Å². The van der Waals surface area contributed by atoms with E-state index < -0.39 is 0 Å². The first-order valence-electron chi connectivity index (χ1n) is 7.71. The van der Waals surface area contributed by atoms with Crippen molar-refractivity contribution in [2.24, 2.45) is 17.8 Å². The summed E-state index contributed by atoms with van der Waals surface area (Å²) < 4.78 is 1.68. The molecule has 6 heteroatoms. The lowest BCUT2D eigenvalue weighted by molar-refractivity contribution is 0.449. The van der Waals surface area contributed by atoms with Crippen LogP contribution >= 0.6 is 0 Å². The first-order valence-corrected chi connectivity index (χ1v) is 7.71. The Morgan fingerprint density at radius 3 is 3.09 bits per heavy atom. The highest BCUT2D eigenvalue weighted by Gasteiger charge is 2.36. The SMILES string of the molecule is CC[C@@H]1C[C@@H](CC#N)C[C@@H]1C(=N)n1c(=N)cnc2[nH]ccc21. The molecule has 0 radical (unpaired) electrons. The van der Waals surface area contributed by atoms with Gasteiger partial charge in [-0.2, -0.15) is 5.26 Å². The summed E-state index contributed by atoms with van der Waals surface area (Å²) in [5.74, 6) is 1.36. The van der Waals surface area contributed by atoms with E-state index in [2.05, 4.69) is 23.0 Å². The van der Waals surface area contributed by atoms with Crippen LogP contribution in [0.2, 0.25) is 0 Å². The number of aromatic nitrogens is 3. The molecule has 1 saturated carbocycles. The molecule has 0 spiro atoms. The predicted octanol–water partition coefficient (Wildman–Crippen LogP) is 2.64. The van der Waals surface area contributed by atoms with Crippen LogP contribution < -0.4 is 5.49 Å². The molecule has 0 aliphatic heterocycles. The second-order valence-corrected chi connectivity index (χ2v) is 6.05. The molecule has 2 heterocycles. The highest BCUT2D eigenvalue weighted by Crippen LogP contribution is 2.40. The third-order valence-electron chi connectivity index (χ3n) is 4.79. The quantitative estimate of drug-likeness (QED) is 0.598. The fraction of sp³-hybridized carbons (Fsp3) is 0.500. The third kappa shape index (κ3) is 2.33. The monoisotopic (exact) mass is 296 g/mol. The Morgan fingerprint density at radius 1 is 1.55 bits per heavy atom. The average molecular weight is 296 g/mol. The van der Waals surface area contributed by atoms with Crippen LogP contribution in [0.3, 0.4) is 0 Å². The van der Waals surface area contributed by atoms with Gasteiger partial charge in [0, 0.05) is 18.5 Å². The van der Waals surface area contributed by atoms with Gasteiger partial charge in [0.15, 0.2) is 5.65 Å². The minimum atomic E-state index is 0.109. The van der Waals surface area contributed by atoms with Gasteiger partial charge in [0.05, 0.1) is 17.8 Å². The van der Waals surface area contributed by atoms with Gasteiger partial charge in [0.1, 0.15) is 11.3 Å². The van der Waals surface area contributed by atoms with E-state index in [1.54, 1.807) is 10.8 Å². The van der Waals surface area contributed by atoms with Gasteiger partial charge >= 0.3 is 0 Å². The maximum absolute atomic E-state index is 8.93. The summed E-state index contributed by atoms with van der Waals surface area (Å²) >= 11 is 0. The fourth-order valence-corrected chi connectivity index (χ4v) is 3.70. The van der Waals surface area contributed by atoms with Crippen molar-refractivity contribution in [3.05, 3.63) is 23.9 Å². The van der Waals surface area contributed by atoms with E-state index in [1.165, 1.54) is 6.20 Å². The molecule has 0 saturated heterocycles. The molecule has 0 aromatic carbocycles. The van der Waals surface area contributed by atoms with E-state index in [1.807, 2.05) is 6.07 Å². The van der Waals surface area contributed by atoms with Gasteiger partial charge in [0.25, 0.3) is 0 Å². The summed E-state index contributed by atoms with van der Waals surface area (Å²) in [6.07, 6.45) is 6.71. The summed E-state index contributed by atoms with van der Waals surface area (Å²) in [4.78, 5) is 7.22. The first-order chi connectivity index (χ1) is 10.7. The average Bonchev–Trinajstić information content (AvgIpc) is 3.13. The molecular formula is C16H20N6. The van der Waals surface area contributed by atoms with Crippen molar-refractivity contribution in [1.29, 1.82) is 16.1 Å². The van der Waals surface area contributed by atoms with Gasteiger partial charge in [0.2, 0.25) is 0 Å². The second kappa shape index (κ2) is 5.76. The van der Waals surface area contributed by atoms with Gasteiger partial charge in [-0.3, -0.25) is 15.4 Å². The van der Waals surface area contributed by atoms with E-state index in [-0.39, 0.29) is 11.4 Å². The van der Waals surface area contributed by atoms with Crippen molar-refractivity contribution in [3.8, 4) is 6.07 Å². The molecule has 0 bridgehead atoms.